The van der Waals surface area contributed by atoms with Crippen LogP contribution in [0.5, 0.6) is 5.75 Å². The first kappa shape index (κ1) is 10.3. The Hall–Kier alpha value is -1.22. The van der Waals surface area contributed by atoms with Gasteiger partial charge in [0.1, 0.15) is 11.5 Å². The zero-order valence-corrected chi connectivity index (χ0v) is 9.09. The molecule has 0 aliphatic carbocycles. The van der Waals surface area contributed by atoms with Crippen molar-refractivity contribution in [1.29, 1.82) is 0 Å². The average Bonchev–Trinajstić information content (AvgIpc) is 2.22. The Balaban J connectivity index is 2.15. The molecular weight excluding hydrogens is 208 g/mol. The fourth-order valence-corrected chi connectivity index (χ4v) is 2.55. The molecule has 1 N–H and O–H groups in total. The fourth-order valence-electron chi connectivity index (χ4n) is 1.48. The summed E-state index contributed by atoms with van der Waals surface area (Å²) >= 11 is 1.74. The van der Waals surface area contributed by atoms with Gasteiger partial charge in [-0.05, 0) is 28.7 Å². The zero-order valence-electron chi connectivity index (χ0n) is 8.27. The van der Waals surface area contributed by atoms with E-state index in [0.29, 0.717) is 18.6 Å². The minimum absolute atomic E-state index is 0.268. The van der Waals surface area contributed by atoms with Gasteiger partial charge in [-0.2, -0.15) is 0 Å². The zero-order chi connectivity index (χ0) is 10.7. The molecule has 0 saturated carbocycles. The molecular formula is C12H12O2S. The van der Waals surface area contributed by atoms with Gasteiger partial charge in [-0.15, -0.1) is 11.8 Å². The van der Waals surface area contributed by atoms with Crippen LogP contribution in [0, 0.1) is 0 Å². The van der Waals surface area contributed by atoms with Crippen molar-refractivity contribution in [2.24, 2.45) is 0 Å². The molecule has 1 aromatic rings. The summed E-state index contributed by atoms with van der Waals surface area (Å²) in [4.78, 5) is 12.3. The second kappa shape index (κ2) is 4.53. The summed E-state index contributed by atoms with van der Waals surface area (Å²) in [6, 6.07) is 7.01. The second-order valence-corrected chi connectivity index (χ2v) is 4.74. The maximum absolute atomic E-state index is 11.2. The van der Waals surface area contributed by atoms with Gasteiger partial charge in [-0.25, -0.2) is 0 Å². The molecule has 15 heavy (non-hydrogen) atoms. The molecule has 0 unspecified atom stereocenters. The first-order valence-electron chi connectivity index (χ1n) is 4.88. The SMILES string of the molecule is O=C1CCS/C(=C/c2ccc(O)cc2)C1. The van der Waals surface area contributed by atoms with E-state index in [1.54, 1.807) is 23.9 Å². The molecule has 0 aromatic heterocycles. The number of rotatable bonds is 1. The van der Waals surface area contributed by atoms with Crippen LogP contribution >= 0.6 is 11.8 Å². The Morgan fingerprint density at radius 1 is 1.27 bits per heavy atom. The van der Waals surface area contributed by atoms with Crippen LogP contribution in [0.1, 0.15) is 18.4 Å². The standard InChI is InChI=1S/C12H12O2S/c13-10-3-1-9(2-4-10)7-12-8-11(14)5-6-15-12/h1-4,7,13H,5-6,8H2/b12-7+. The lowest BCUT2D eigenvalue weighted by molar-refractivity contribution is -0.118. The number of aromatic hydroxyl groups is 1. The Kier molecular flexibility index (Phi) is 3.11. The molecule has 1 aliphatic heterocycles. The Labute approximate surface area is 93.0 Å². The number of phenolic OH excluding ortho intramolecular Hbond substituents is 1. The highest BCUT2D eigenvalue weighted by molar-refractivity contribution is 8.03. The molecule has 1 heterocycles. The predicted octanol–water partition coefficient (Wildman–Crippen LogP) is 2.83. The largest absolute Gasteiger partial charge is 0.508 e. The van der Waals surface area contributed by atoms with E-state index < -0.39 is 0 Å². The molecule has 2 rings (SSSR count). The molecule has 2 nitrogen and oxygen atoms in total. The third-order valence-corrected chi connectivity index (χ3v) is 3.30. The van der Waals surface area contributed by atoms with Gasteiger partial charge in [-0.1, -0.05) is 12.1 Å². The van der Waals surface area contributed by atoms with Gasteiger partial charge < -0.3 is 5.11 Å². The van der Waals surface area contributed by atoms with E-state index in [9.17, 15) is 4.79 Å². The highest BCUT2D eigenvalue weighted by Gasteiger charge is 2.13. The molecule has 78 valence electrons. The van der Waals surface area contributed by atoms with Crippen LogP contribution < -0.4 is 0 Å². The molecule has 0 radical (unpaired) electrons. The Bertz CT molecular complexity index is 393. The molecule has 1 fully saturated rings. The highest BCUT2D eigenvalue weighted by Crippen LogP contribution is 2.29. The lowest BCUT2D eigenvalue weighted by atomic mass is 10.1. The minimum atomic E-state index is 0.268. The summed E-state index contributed by atoms with van der Waals surface area (Å²) in [5, 5.41) is 9.12. The van der Waals surface area contributed by atoms with Gasteiger partial charge in [0.15, 0.2) is 0 Å². The van der Waals surface area contributed by atoms with Crippen molar-refractivity contribution in [3.8, 4) is 5.75 Å². The number of benzene rings is 1. The lowest BCUT2D eigenvalue weighted by Gasteiger charge is -2.12. The van der Waals surface area contributed by atoms with Crippen molar-refractivity contribution in [2.75, 3.05) is 5.75 Å². The molecule has 1 aliphatic rings. The maximum Gasteiger partial charge on any atom is 0.138 e. The van der Waals surface area contributed by atoms with Crippen LogP contribution in [0.3, 0.4) is 0 Å². The molecule has 0 spiro atoms. The monoisotopic (exact) mass is 220 g/mol. The van der Waals surface area contributed by atoms with E-state index in [1.807, 2.05) is 18.2 Å². The Morgan fingerprint density at radius 2 is 2.00 bits per heavy atom. The van der Waals surface area contributed by atoms with Crippen LogP contribution in [-0.2, 0) is 4.79 Å². The van der Waals surface area contributed by atoms with E-state index in [4.69, 9.17) is 5.11 Å². The average molecular weight is 220 g/mol. The summed E-state index contributed by atoms with van der Waals surface area (Å²) in [5.74, 6) is 1.48. The first-order chi connectivity index (χ1) is 7.24. The number of Topliss-reactive ketones (excluding diaryl/α,β-unsaturated/α-hetero) is 1. The van der Waals surface area contributed by atoms with Crippen molar-refractivity contribution in [1.82, 2.24) is 0 Å². The van der Waals surface area contributed by atoms with Crippen LogP contribution in [-0.4, -0.2) is 16.6 Å². The van der Waals surface area contributed by atoms with Crippen LogP contribution in [0.2, 0.25) is 0 Å². The summed E-state index contributed by atoms with van der Waals surface area (Å²) in [6.45, 7) is 0. The van der Waals surface area contributed by atoms with Crippen LogP contribution in [0.15, 0.2) is 29.2 Å². The summed E-state index contributed by atoms with van der Waals surface area (Å²) in [6.07, 6.45) is 3.27. The fraction of sp³-hybridized carbons (Fsp3) is 0.250. The number of carbonyl (C=O) groups excluding carboxylic acids is 1. The summed E-state index contributed by atoms with van der Waals surface area (Å²) < 4.78 is 0. The van der Waals surface area contributed by atoms with E-state index in [-0.39, 0.29) is 5.75 Å². The number of thioether (sulfide) groups is 1. The van der Waals surface area contributed by atoms with Gasteiger partial charge in [-0.3, -0.25) is 4.79 Å². The van der Waals surface area contributed by atoms with Gasteiger partial charge in [0, 0.05) is 18.6 Å². The maximum atomic E-state index is 11.2. The third kappa shape index (κ3) is 2.86. The third-order valence-electron chi connectivity index (χ3n) is 2.26. The van der Waals surface area contributed by atoms with E-state index in [0.717, 1.165) is 16.2 Å². The minimum Gasteiger partial charge on any atom is -0.508 e. The number of hydrogen-bond donors (Lipinski definition) is 1. The molecule has 0 bridgehead atoms. The topological polar surface area (TPSA) is 37.3 Å². The summed E-state index contributed by atoms with van der Waals surface area (Å²) in [7, 11) is 0. The normalized spacial score (nSPS) is 19.5. The smallest absolute Gasteiger partial charge is 0.138 e. The quantitative estimate of drug-likeness (QED) is 0.790. The van der Waals surface area contributed by atoms with Gasteiger partial charge in [0.05, 0.1) is 0 Å². The van der Waals surface area contributed by atoms with E-state index >= 15 is 0 Å². The number of ketones is 1. The highest BCUT2D eigenvalue weighted by atomic mass is 32.2. The van der Waals surface area contributed by atoms with Crippen molar-refractivity contribution in [3.63, 3.8) is 0 Å². The predicted molar refractivity (Wildman–Crippen MR) is 62.8 cm³/mol. The number of hydrogen-bond acceptors (Lipinski definition) is 3. The summed E-state index contributed by atoms with van der Waals surface area (Å²) in [5.41, 5.74) is 1.03. The van der Waals surface area contributed by atoms with Gasteiger partial charge >= 0.3 is 0 Å². The van der Waals surface area contributed by atoms with Crippen LogP contribution in [0.25, 0.3) is 6.08 Å². The lowest BCUT2D eigenvalue weighted by Crippen LogP contribution is -2.05. The molecule has 1 aromatic carbocycles. The van der Waals surface area contributed by atoms with Crippen molar-refractivity contribution < 1.29 is 9.90 Å². The number of carbonyl (C=O) groups is 1. The van der Waals surface area contributed by atoms with Gasteiger partial charge in [0.2, 0.25) is 0 Å². The van der Waals surface area contributed by atoms with Crippen LogP contribution in [0.4, 0.5) is 0 Å². The second-order valence-electron chi connectivity index (χ2n) is 3.52. The molecule has 3 heteroatoms. The van der Waals surface area contributed by atoms with Crippen molar-refractivity contribution in [2.45, 2.75) is 12.8 Å². The Morgan fingerprint density at radius 3 is 2.67 bits per heavy atom. The first-order valence-corrected chi connectivity index (χ1v) is 5.87. The van der Waals surface area contributed by atoms with E-state index in [1.165, 1.54) is 0 Å². The van der Waals surface area contributed by atoms with Crippen molar-refractivity contribution >= 4 is 23.6 Å². The molecule has 0 atom stereocenters. The molecule has 0 amide bonds. The number of allylic oxidation sites excluding steroid dienone is 1. The van der Waals surface area contributed by atoms with E-state index in [2.05, 4.69) is 0 Å². The number of phenols is 1. The van der Waals surface area contributed by atoms with Crippen molar-refractivity contribution in [3.05, 3.63) is 34.7 Å². The molecule has 1 saturated heterocycles. The van der Waals surface area contributed by atoms with Gasteiger partial charge in [0.25, 0.3) is 0 Å².